The summed E-state index contributed by atoms with van der Waals surface area (Å²) >= 11 is 0. The monoisotopic (exact) mass is 677 g/mol. The number of benzene rings is 3. The van der Waals surface area contributed by atoms with Crippen LogP contribution in [0.4, 0.5) is 4.39 Å². The summed E-state index contributed by atoms with van der Waals surface area (Å²) in [6.07, 6.45) is 4.98. The zero-order chi connectivity index (χ0) is 35.2. The number of carboxylic acids is 1. The zero-order valence-electron chi connectivity index (χ0n) is 29.3. The molecule has 260 valence electrons. The van der Waals surface area contributed by atoms with E-state index in [0.29, 0.717) is 46.2 Å². The lowest BCUT2D eigenvalue weighted by molar-refractivity contribution is -0.160. The number of carbonyl (C=O) groups is 1. The van der Waals surface area contributed by atoms with E-state index >= 15 is 0 Å². The average Bonchev–Trinajstić information content (AvgIpc) is 3.52. The predicted molar refractivity (Wildman–Crippen MR) is 191 cm³/mol. The average molecular weight is 678 g/mol. The van der Waals surface area contributed by atoms with Crippen LogP contribution in [0.5, 0.6) is 11.5 Å². The van der Waals surface area contributed by atoms with Gasteiger partial charge in [-0.15, -0.1) is 0 Å². The van der Waals surface area contributed by atoms with Gasteiger partial charge in [-0.2, -0.15) is 5.10 Å². The van der Waals surface area contributed by atoms with Crippen molar-refractivity contribution in [2.24, 2.45) is 0 Å². The molecular formula is C41H44FN3O5. The van der Waals surface area contributed by atoms with Gasteiger partial charge >= 0.3 is 5.97 Å². The molecule has 7 rings (SSSR count). The van der Waals surface area contributed by atoms with Crippen molar-refractivity contribution in [2.75, 3.05) is 0 Å². The minimum atomic E-state index is -1.30. The summed E-state index contributed by atoms with van der Waals surface area (Å²) < 4.78 is 36.3. The first-order valence-electron chi connectivity index (χ1n) is 17.6. The summed E-state index contributed by atoms with van der Waals surface area (Å²) in [4.78, 5) is 17.8. The molecule has 3 aromatic carbocycles. The Morgan fingerprint density at radius 1 is 0.900 bits per heavy atom. The molecule has 5 aromatic rings. The molecule has 1 N–H and O–H groups in total. The normalized spacial score (nSPS) is 18.5. The Labute approximate surface area is 292 Å². The van der Waals surface area contributed by atoms with Crippen molar-refractivity contribution in [3.05, 3.63) is 89.4 Å². The minimum Gasteiger partial charge on any atom is -0.490 e. The highest BCUT2D eigenvalue weighted by Crippen LogP contribution is 2.40. The molecule has 9 heteroatoms. The van der Waals surface area contributed by atoms with Crippen molar-refractivity contribution in [1.82, 2.24) is 14.6 Å². The molecule has 0 amide bonds. The summed E-state index contributed by atoms with van der Waals surface area (Å²) in [5, 5.41) is 15.6. The van der Waals surface area contributed by atoms with E-state index in [1.807, 2.05) is 83.1 Å². The fraction of sp³-hybridized carbons (Fsp3) is 0.390. The van der Waals surface area contributed by atoms with E-state index in [2.05, 4.69) is 0 Å². The standard InChI is InChI=1S/C41H44FN3O5/c1-24-15-16-28-20-34(24)48-30-13-8-6-7-9-14-31(22-30)49-35-21-29(42)17-18-32(35)26-11-10-12-27(19-26)33-23-36-43-25(2)37(38(28)45(36)44-33)39(40(46)47)50-41(3,4)5/h10-12,15-21,23,30-31,39H,6-9,13-14,22H2,1-5H3,(H,46,47)/t30?,31?,39-/m0/s1. The lowest BCUT2D eigenvalue weighted by Crippen LogP contribution is -2.29. The van der Waals surface area contributed by atoms with Gasteiger partial charge in [0.2, 0.25) is 0 Å². The number of nitrogens with zero attached hydrogens (tertiary/aromatic N) is 3. The van der Waals surface area contributed by atoms with Crippen LogP contribution in [0.3, 0.4) is 0 Å². The van der Waals surface area contributed by atoms with Crippen LogP contribution in [0.1, 0.15) is 88.6 Å². The second-order valence-corrected chi connectivity index (χ2v) is 14.6. The highest BCUT2D eigenvalue weighted by Gasteiger charge is 2.34. The van der Waals surface area contributed by atoms with E-state index in [4.69, 9.17) is 24.3 Å². The zero-order valence-corrected chi connectivity index (χ0v) is 29.3. The molecule has 50 heavy (non-hydrogen) atoms. The van der Waals surface area contributed by atoms with Gasteiger partial charge in [-0.3, -0.25) is 0 Å². The van der Waals surface area contributed by atoms with E-state index in [-0.39, 0.29) is 18.0 Å². The van der Waals surface area contributed by atoms with Crippen molar-refractivity contribution in [3.63, 3.8) is 0 Å². The number of rotatable bonds is 3. The first-order valence-corrected chi connectivity index (χ1v) is 17.6. The van der Waals surface area contributed by atoms with Crippen molar-refractivity contribution in [1.29, 1.82) is 0 Å². The van der Waals surface area contributed by atoms with Crippen molar-refractivity contribution in [3.8, 4) is 45.1 Å². The van der Waals surface area contributed by atoms with Crippen LogP contribution in [-0.2, 0) is 9.53 Å². The summed E-state index contributed by atoms with van der Waals surface area (Å²) in [5.41, 5.74) is 6.20. The molecule has 1 aliphatic carbocycles. The van der Waals surface area contributed by atoms with Gasteiger partial charge in [0.1, 0.15) is 29.5 Å². The van der Waals surface area contributed by atoms with Crippen molar-refractivity contribution >= 4 is 11.6 Å². The first-order chi connectivity index (χ1) is 23.9. The highest BCUT2D eigenvalue weighted by molar-refractivity contribution is 5.82. The van der Waals surface area contributed by atoms with E-state index < -0.39 is 17.7 Å². The third-order valence-electron chi connectivity index (χ3n) is 9.58. The molecule has 1 fully saturated rings. The van der Waals surface area contributed by atoms with Gasteiger partial charge in [0.25, 0.3) is 0 Å². The fourth-order valence-corrected chi connectivity index (χ4v) is 7.20. The molecule has 1 aliphatic heterocycles. The number of aromatic nitrogens is 3. The molecule has 0 spiro atoms. The number of halogens is 1. The molecule has 2 aliphatic rings. The van der Waals surface area contributed by atoms with Gasteiger partial charge in [-0.05, 0) is 95.7 Å². The number of ether oxygens (including phenoxy) is 3. The number of fused-ring (bicyclic) bond motifs is 11. The van der Waals surface area contributed by atoms with Gasteiger partial charge in [0, 0.05) is 46.5 Å². The lowest BCUT2D eigenvalue weighted by Gasteiger charge is -2.28. The Kier molecular flexibility index (Phi) is 9.11. The van der Waals surface area contributed by atoms with Crippen molar-refractivity contribution in [2.45, 2.75) is 103 Å². The Morgan fingerprint density at radius 2 is 1.62 bits per heavy atom. The van der Waals surface area contributed by atoms with Crippen LogP contribution < -0.4 is 9.47 Å². The Bertz CT molecular complexity index is 2070. The molecule has 2 aromatic heterocycles. The summed E-state index contributed by atoms with van der Waals surface area (Å²) in [7, 11) is 0. The van der Waals surface area contributed by atoms with Gasteiger partial charge in [-0.1, -0.05) is 43.2 Å². The quantitative estimate of drug-likeness (QED) is 0.203. The van der Waals surface area contributed by atoms with Gasteiger partial charge < -0.3 is 19.3 Å². The molecule has 0 radical (unpaired) electrons. The van der Waals surface area contributed by atoms with E-state index in [1.54, 1.807) is 10.6 Å². The molecular weight excluding hydrogens is 633 g/mol. The van der Waals surface area contributed by atoms with E-state index in [0.717, 1.165) is 66.3 Å². The fourth-order valence-electron chi connectivity index (χ4n) is 7.20. The van der Waals surface area contributed by atoms with Crippen molar-refractivity contribution < 1.29 is 28.5 Å². The molecule has 8 bridgehead atoms. The smallest absolute Gasteiger partial charge is 0.337 e. The molecule has 8 nitrogen and oxygen atoms in total. The largest absolute Gasteiger partial charge is 0.490 e. The van der Waals surface area contributed by atoms with E-state index in [1.165, 1.54) is 12.1 Å². The second kappa shape index (κ2) is 13.5. The highest BCUT2D eigenvalue weighted by atomic mass is 19.1. The third kappa shape index (κ3) is 6.97. The Morgan fingerprint density at radius 3 is 2.34 bits per heavy atom. The van der Waals surface area contributed by atoms with Gasteiger partial charge in [0.15, 0.2) is 11.8 Å². The third-order valence-corrected chi connectivity index (χ3v) is 9.58. The second-order valence-electron chi connectivity index (χ2n) is 14.6. The SMILES string of the molecule is Cc1ccc2cc1OC1CCCCCCC(C1)Oc1cc(F)ccc1-c1cccc(c1)-c1cc3nc(C)c([C@H](OC(C)(C)C)C(=O)O)c-2n3n1. The number of carboxylic acid groups (broad SMARTS) is 1. The van der Waals surface area contributed by atoms with Crippen LogP contribution >= 0.6 is 0 Å². The lowest BCUT2D eigenvalue weighted by atomic mass is 9.97. The maximum absolute atomic E-state index is 14.8. The molecule has 1 saturated carbocycles. The maximum atomic E-state index is 14.8. The molecule has 3 heterocycles. The van der Waals surface area contributed by atoms with Crippen LogP contribution in [0.25, 0.3) is 39.3 Å². The minimum absolute atomic E-state index is 0.144. The van der Waals surface area contributed by atoms with E-state index in [9.17, 15) is 14.3 Å². The summed E-state index contributed by atoms with van der Waals surface area (Å²) in [5.74, 6) is -0.253. The Hall–Kier alpha value is -4.76. The number of hydrogen-bond donors (Lipinski definition) is 1. The number of aliphatic carboxylic acids is 1. The molecule has 0 saturated heterocycles. The Balaban J connectivity index is 1.51. The number of hydrogen-bond acceptors (Lipinski definition) is 6. The molecule has 2 unspecified atom stereocenters. The molecule has 3 atom stereocenters. The summed E-state index contributed by atoms with van der Waals surface area (Å²) in [6.45, 7) is 9.36. The van der Waals surface area contributed by atoms with Gasteiger partial charge in [-0.25, -0.2) is 18.7 Å². The topological polar surface area (TPSA) is 95.2 Å². The van der Waals surface area contributed by atoms with Crippen LogP contribution in [0.15, 0.2) is 66.7 Å². The summed E-state index contributed by atoms with van der Waals surface area (Å²) in [6, 6.07) is 20.5. The van der Waals surface area contributed by atoms with Gasteiger partial charge in [0.05, 0.1) is 17.0 Å². The number of aryl methyl sites for hydroxylation is 2. The predicted octanol–water partition coefficient (Wildman–Crippen LogP) is 9.68. The maximum Gasteiger partial charge on any atom is 0.337 e. The van der Waals surface area contributed by atoms with Crippen LogP contribution in [-0.4, -0.2) is 43.5 Å². The van der Waals surface area contributed by atoms with Crippen LogP contribution in [0, 0.1) is 19.7 Å². The first kappa shape index (κ1) is 33.7. The van der Waals surface area contributed by atoms with Crippen LogP contribution in [0.2, 0.25) is 0 Å².